The molecule has 7 heteroatoms. The van der Waals surface area contributed by atoms with E-state index in [4.69, 9.17) is 0 Å². The number of rotatable bonds is 7. The first-order valence-corrected chi connectivity index (χ1v) is 7.75. The van der Waals surface area contributed by atoms with E-state index in [1.807, 2.05) is 6.92 Å². The number of nitrogens with one attached hydrogen (secondary N) is 2. The first-order valence-electron chi connectivity index (χ1n) is 7.75. The molecule has 0 atom stereocenters. The van der Waals surface area contributed by atoms with Gasteiger partial charge in [0.15, 0.2) is 0 Å². The normalized spacial score (nSPS) is 10.4. The smallest absolute Gasteiger partial charge is 0.387 e. The van der Waals surface area contributed by atoms with Crippen LogP contribution >= 0.6 is 0 Å². The number of hydrogen-bond donors (Lipinski definition) is 2. The van der Waals surface area contributed by atoms with E-state index in [0.717, 1.165) is 6.42 Å². The highest BCUT2D eigenvalue weighted by Crippen LogP contribution is 2.23. The van der Waals surface area contributed by atoms with Crippen LogP contribution in [0.4, 0.5) is 14.5 Å². The van der Waals surface area contributed by atoms with Crippen molar-refractivity contribution in [3.05, 3.63) is 59.7 Å². The summed E-state index contributed by atoms with van der Waals surface area (Å²) in [6.07, 6.45) is 0.776. The van der Waals surface area contributed by atoms with E-state index in [9.17, 15) is 18.4 Å². The van der Waals surface area contributed by atoms with Crippen LogP contribution in [0.15, 0.2) is 48.5 Å². The second-order valence-corrected chi connectivity index (χ2v) is 5.13. The third-order valence-electron chi connectivity index (χ3n) is 3.30. The fourth-order valence-electron chi connectivity index (χ4n) is 2.17. The number of amides is 2. The number of halogens is 2. The predicted molar refractivity (Wildman–Crippen MR) is 90.1 cm³/mol. The van der Waals surface area contributed by atoms with E-state index in [-0.39, 0.29) is 28.5 Å². The largest absolute Gasteiger partial charge is 0.434 e. The average molecular weight is 348 g/mol. The summed E-state index contributed by atoms with van der Waals surface area (Å²) in [4.78, 5) is 24.6. The second-order valence-electron chi connectivity index (χ2n) is 5.13. The molecule has 0 aliphatic carbocycles. The van der Waals surface area contributed by atoms with Gasteiger partial charge >= 0.3 is 6.61 Å². The Balaban J connectivity index is 2.23. The predicted octanol–water partition coefficient (Wildman–Crippen LogP) is 3.68. The van der Waals surface area contributed by atoms with E-state index in [2.05, 4.69) is 15.4 Å². The van der Waals surface area contributed by atoms with Crippen molar-refractivity contribution in [2.45, 2.75) is 20.0 Å². The monoisotopic (exact) mass is 348 g/mol. The lowest BCUT2D eigenvalue weighted by molar-refractivity contribution is -0.0501. The first-order chi connectivity index (χ1) is 12.0. The molecule has 0 heterocycles. The van der Waals surface area contributed by atoms with Crippen LogP contribution in [-0.2, 0) is 0 Å². The SMILES string of the molecule is CCCNC(=O)c1ccccc1NC(=O)c1ccccc1OC(F)F. The molecule has 0 spiro atoms. The highest BCUT2D eigenvalue weighted by molar-refractivity contribution is 6.10. The van der Waals surface area contributed by atoms with Crippen LogP contribution in [0.3, 0.4) is 0 Å². The van der Waals surface area contributed by atoms with Gasteiger partial charge < -0.3 is 15.4 Å². The fraction of sp³-hybridized carbons (Fsp3) is 0.222. The van der Waals surface area contributed by atoms with E-state index >= 15 is 0 Å². The van der Waals surface area contributed by atoms with E-state index in [1.54, 1.807) is 24.3 Å². The Hall–Kier alpha value is -2.96. The number of alkyl halides is 2. The lowest BCUT2D eigenvalue weighted by Crippen LogP contribution is -2.26. The zero-order chi connectivity index (χ0) is 18.2. The molecule has 132 valence electrons. The highest BCUT2D eigenvalue weighted by atomic mass is 19.3. The molecule has 5 nitrogen and oxygen atoms in total. The Labute approximate surface area is 144 Å². The number of ether oxygens (including phenoxy) is 1. The van der Waals surface area contributed by atoms with E-state index in [1.165, 1.54) is 24.3 Å². The average Bonchev–Trinajstić information content (AvgIpc) is 2.60. The Morgan fingerprint density at radius 3 is 2.32 bits per heavy atom. The van der Waals surface area contributed by atoms with Crippen LogP contribution in [0.1, 0.15) is 34.1 Å². The molecule has 2 aromatic rings. The molecular formula is C18H18F2N2O3. The van der Waals surface area contributed by atoms with Crippen LogP contribution < -0.4 is 15.4 Å². The molecule has 0 saturated heterocycles. The molecule has 0 saturated carbocycles. The maximum absolute atomic E-state index is 12.5. The van der Waals surface area contributed by atoms with Gasteiger partial charge in [-0.05, 0) is 30.7 Å². The molecule has 2 aromatic carbocycles. The van der Waals surface area contributed by atoms with Gasteiger partial charge in [-0.2, -0.15) is 8.78 Å². The molecule has 0 aromatic heterocycles. The molecule has 0 aliphatic heterocycles. The summed E-state index contributed by atoms with van der Waals surface area (Å²) in [5.74, 6) is -1.20. The van der Waals surface area contributed by atoms with Crippen molar-refractivity contribution in [3.8, 4) is 5.75 Å². The number of para-hydroxylation sites is 2. The zero-order valence-corrected chi connectivity index (χ0v) is 13.6. The molecule has 0 bridgehead atoms. The van der Waals surface area contributed by atoms with Crippen molar-refractivity contribution in [1.82, 2.24) is 5.32 Å². The van der Waals surface area contributed by atoms with Gasteiger partial charge in [0.25, 0.3) is 11.8 Å². The van der Waals surface area contributed by atoms with Gasteiger partial charge in [0.05, 0.1) is 16.8 Å². The Morgan fingerprint density at radius 1 is 1.00 bits per heavy atom. The number of carbonyl (C=O) groups excluding carboxylic acids is 2. The minimum Gasteiger partial charge on any atom is -0.434 e. The number of benzene rings is 2. The zero-order valence-electron chi connectivity index (χ0n) is 13.6. The highest BCUT2D eigenvalue weighted by Gasteiger charge is 2.18. The number of carbonyl (C=O) groups is 2. The summed E-state index contributed by atoms with van der Waals surface area (Å²) in [5.41, 5.74) is 0.524. The number of hydrogen-bond acceptors (Lipinski definition) is 3. The van der Waals surface area contributed by atoms with Gasteiger partial charge in [0.1, 0.15) is 5.75 Å². The topological polar surface area (TPSA) is 67.4 Å². The first kappa shape index (κ1) is 18.4. The van der Waals surface area contributed by atoms with Crippen molar-refractivity contribution in [1.29, 1.82) is 0 Å². The molecule has 25 heavy (non-hydrogen) atoms. The van der Waals surface area contributed by atoms with Gasteiger partial charge in [-0.1, -0.05) is 31.2 Å². The van der Waals surface area contributed by atoms with Gasteiger partial charge in [0, 0.05) is 6.54 Å². The fourth-order valence-corrected chi connectivity index (χ4v) is 2.17. The van der Waals surface area contributed by atoms with Crippen molar-refractivity contribution in [2.24, 2.45) is 0 Å². The quantitative estimate of drug-likeness (QED) is 0.802. The lowest BCUT2D eigenvalue weighted by atomic mass is 10.1. The van der Waals surface area contributed by atoms with Crippen molar-refractivity contribution in [3.63, 3.8) is 0 Å². The van der Waals surface area contributed by atoms with E-state index < -0.39 is 12.5 Å². The van der Waals surface area contributed by atoms with Crippen molar-refractivity contribution in [2.75, 3.05) is 11.9 Å². The lowest BCUT2D eigenvalue weighted by Gasteiger charge is -2.13. The van der Waals surface area contributed by atoms with E-state index in [0.29, 0.717) is 6.54 Å². The summed E-state index contributed by atoms with van der Waals surface area (Å²) in [6, 6.07) is 12.1. The summed E-state index contributed by atoms with van der Waals surface area (Å²) >= 11 is 0. The molecule has 0 aliphatic rings. The molecule has 2 N–H and O–H groups in total. The van der Waals surface area contributed by atoms with Crippen LogP contribution in [0, 0.1) is 0 Å². The summed E-state index contributed by atoms with van der Waals surface area (Å²) < 4.78 is 29.3. The molecule has 2 amide bonds. The summed E-state index contributed by atoms with van der Waals surface area (Å²) in [6.45, 7) is -0.610. The van der Waals surface area contributed by atoms with Crippen molar-refractivity contribution < 1.29 is 23.1 Å². The summed E-state index contributed by atoms with van der Waals surface area (Å²) in [7, 11) is 0. The van der Waals surface area contributed by atoms with Crippen LogP contribution in [0.25, 0.3) is 0 Å². The molecule has 0 unspecified atom stereocenters. The Kier molecular flexibility index (Phi) is 6.45. The summed E-state index contributed by atoms with van der Waals surface area (Å²) in [5, 5.41) is 5.30. The molecule has 0 fully saturated rings. The second kappa shape index (κ2) is 8.77. The van der Waals surface area contributed by atoms with Crippen molar-refractivity contribution >= 4 is 17.5 Å². The van der Waals surface area contributed by atoms with Crippen LogP contribution in [0.2, 0.25) is 0 Å². The minimum absolute atomic E-state index is 0.0495. The molecule has 0 radical (unpaired) electrons. The van der Waals surface area contributed by atoms with Gasteiger partial charge in [-0.3, -0.25) is 9.59 Å². The molecular weight excluding hydrogens is 330 g/mol. The van der Waals surface area contributed by atoms with Gasteiger partial charge in [-0.15, -0.1) is 0 Å². The maximum Gasteiger partial charge on any atom is 0.387 e. The third kappa shape index (κ3) is 5.00. The van der Waals surface area contributed by atoms with Crippen LogP contribution in [-0.4, -0.2) is 25.0 Å². The number of anilines is 1. The Morgan fingerprint density at radius 2 is 1.64 bits per heavy atom. The maximum atomic E-state index is 12.5. The van der Waals surface area contributed by atoms with Gasteiger partial charge in [0.2, 0.25) is 0 Å². The third-order valence-corrected chi connectivity index (χ3v) is 3.30. The van der Waals surface area contributed by atoms with Gasteiger partial charge in [-0.25, -0.2) is 0 Å². The minimum atomic E-state index is -3.04. The Bertz CT molecular complexity index is 751. The standard InChI is InChI=1S/C18H18F2N2O3/c1-2-11-21-16(23)12-7-3-5-9-14(12)22-17(24)13-8-4-6-10-15(13)25-18(19)20/h3-10,18H,2,11H2,1H3,(H,21,23)(H,22,24). The van der Waals surface area contributed by atoms with Crippen LogP contribution in [0.5, 0.6) is 5.75 Å². The molecule has 2 rings (SSSR count).